The van der Waals surface area contributed by atoms with Crippen molar-refractivity contribution in [3.63, 3.8) is 0 Å². The Kier molecular flexibility index (Phi) is 7.58. The molecule has 0 amide bonds. The molecule has 1 saturated carbocycles. The Morgan fingerprint density at radius 1 is 0.418 bits per heavy atom. The normalized spacial score (nSPS) is 13.7. The second-order valence-corrected chi connectivity index (χ2v) is 15.1. The molecule has 3 heteroatoms. The summed E-state index contributed by atoms with van der Waals surface area (Å²) in [6.45, 7) is 0. The van der Waals surface area contributed by atoms with Crippen LogP contribution in [0.15, 0.2) is 179 Å². The van der Waals surface area contributed by atoms with Crippen molar-refractivity contribution in [2.75, 3.05) is 4.90 Å². The van der Waals surface area contributed by atoms with Gasteiger partial charge in [0.1, 0.15) is 22.3 Å². The van der Waals surface area contributed by atoms with Crippen molar-refractivity contribution in [3.8, 4) is 22.3 Å². The van der Waals surface area contributed by atoms with Crippen LogP contribution in [0.4, 0.5) is 17.1 Å². The predicted octanol–water partition coefficient (Wildman–Crippen LogP) is 15.5. The Bertz CT molecular complexity index is 3030. The monoisotopic (exact) mass is 709 g/mol. The van der Waals surface area contributed by atoms with Crippen molar-refractivity contribution in [2.45, 2.75) is 38.0 Å². The molecule has 8 aromatic carbocycles. The zero-order valence-electron chi connectivity index (χ0n) is 30.5. The number of fused-ring (bicyclic) bond motifs is 7. The molecule has 0 atom stereocenters. The molecule has 1 fully saturated rings. The van der Waals surface area contributed by atoms with Crippen molar-refractivity contribution < 1.29 is 8.83 Å². The Balaban J connectivity index is 1.09. The molecular formula is C52H39NO2. The topological polar surface area (TPSA) is 29.5 Å². The van der Waals surface area contributed by atoms with Crippen LogP contribution in [0.25, 0.3) is 76.9 Å². The number of benzene rings is 8. The molecule has 0 unspecified atom stereocenters. The molecule has 3 nitrogen and oxygen atoms in total. The van der Waals surface area contributed by atoms with Gasteiger partial charge in [0.15, 0.2) is 0 Å². The van der Waals surface area contributed by atoms with Gasteiger partial charge in [-0.3, -0.25) is 0 Å². The largest absolute Gasteiger partial charge is 0.456 e. The Morgan fingerprint density at radius 2 is 1.04 bits per heavy atom. The van der Waals surface area contributed by atoms with Crippen molar-refractivity contribution in [2.24, 2.45) is 0 Å². The third-order valence-corrected chi connectivity index (χ3v) is 11.9. The van der Waals surface area contributed by atoms with E-state index < -0.39 is 0 Å². The highest BCUT2D eigenvalue weighted by atomic mass is 16.3. The van der Waals surface area contributed by atoms with Gasteiger partial charge in [-0.2, -0.15) is 0 Å². The third-order valence-electron chi connectivity index (χ3n) is 11.9. The van der Waals surface area contributed by atoms with E-state index in [1.165, 1.54) is 59.6 Å². The lowest BCUT2D eigenvalue weighted by Crippen LogP contribution is -2.11. The molecule has 0 radical (unpaired) electrons. The molecule has 0 spiro atoms. The van der Waals surface area contributed by atoms with Gasteiger partial charge < -0.3 is 13.7 Å². The van der Waals surface area contributed by atoms with Crippen LogP contribution in [0.1, 0.15) is 43.6 Å². The summed E-state index contributed by atoms with van der Waals surface area (Å²) in [7, 11) is 0. The zero-order valence-corrected chi connectivity index (χ0v) is 30.5. The van der Waals surface area contributed by atoms with E-state index in [2.05, 4.69) is 157 Å². The van der Waals surface area contributed by atoms with Gasteiger partial charge in [-0.05, 0) is 106 Å². The van der Waals surface area contributed by atoms with Crippen LogP contribution in [0, 0.1) is 0 Å². The summed E-state index contributed by atoms with van der Waals surface area (Å²) in [6.07, 6.45) is 6.47. The molecule has 0 N–H and O–H groups in total. The summed E-state index contributed by atoms with van der Waals surface area (Å²) in [5, 5.41) is 7.21. The van der Waals surface area contributed by atoms with Gasteiger partial charge in [-0.1, -0.05) is 128 Å². The molecule has 2 aromatic heterocycles. The molecule has 1 aliphatic rings. The standard InChI is InChI=1S/C52H39NO2/c1-2-12-35(13-3-1)40-19-10-14-36-15-11-20-45(52(36)40)41-16-4-7-21-47(41)53(39-29-30-44-42-17-5-8-22-48(42)55-51(44)33-39)38-27-24-34(25-28-38)37-26-31-50-46(32-37)43-18-6-9-23-49(43)54-50/h4-11,14-33,35H,1-3,12-13H2. The molecule has 55 heavy (non-hydrogen) atoms. The predicted molar refractivity (Wildman–Crippen MR) is 230 cm³/mol. The van der Waals surface area contributed by atoms with E-state index in [4.69, 9.17) is 8.83 Å². The first kappa shape index (κ1) is 31.9. The summed E-state index contributed by atoms with van der Waals surface area (Å²) in [5.41, 5.74) is 13.2. The first-order valence-electron chi connectivity index (χ1n) is 19.6. The quantitative estimate of drug-likeness (QED) is 0.172. The average molecular weight is 710 g/mol. The first-order valence-corrected chi connectivity index (χ1v) is 19.6. The number of rotatable bonds is 6. The minimum Gasteiger partial charge on any atom is -0.456 e. The minimum atomic E-state index is 0.587. The number of anilines is 3. The van der Waals surface area contributed by atoms with Crippen LogP contribution >= 0.6 is 0 Å². The second-order valence-electron chi connectivity index (χ2n) is 15.1. The molecule has 0 aliphatic heterocycles. The summed E-state index contributed by atoms with van der Waals surface area (Å²) >= 11 is 0. The molecule has 1 aliphatic carbocycles. The molecule has 2 heterocycles. The van der Waals surface area contributed by atoms with Crippen LogP contribution in [0.5, 0.6) is 0 Å². The van der Waals surface area contributed by atoms with Crippen molar-refractivity contribution in [1.29, 1.82) is 0 Å². The summed E-state index contributed by atoms with van der Waals surface area (Å²) < 4.78 is 12.6. The maximum absolute atomic E-state index is 6.47. The first-order chi connectivity index (χ1) is 27.3. The maximum atomic E-state index is 6.47. The molecule has 11 rings (SSSR count). The van der Waals surface area contributed by atoms with Gasteiger partial charge in [0.25, 0.3) is 0 Å². The SMILES string of the molecule is c1ccc(N(c2ccc(-c3ccc4oc5ccccc5c4c3)cc2)c2ccc3c(c2)oc2ccccc23)c(-c2cccc3cccc(C4CCCCC4)c23)c1. The van der Waals surface area contributed by atoms with Crippen molar-refractivity contribution in [3.05, 3.63) is 175 Å². The van der Waals surface area contributed by atoms with E-state index in [-0.39, 0.29) is 0 Å². The fourth-order valence-electron chi connectivity index (χ4n) is 9.23. The van der Waals surface area contributed by atoms with Gasteiger partial charge in [-0.15, -0.1) is 0 Å². The lowest BCUT2D eigenvalue weighted by molar-refractivity contribution is 0.445. The number of hydrogen-bond acceptors (Lipinski definition) is 3. The molecule has 0 bridgehead atoms. The fraction of sp³-hybridized carbons (Fsp3) is 0.115. The number of furan rings is 2. The third kappa shape index (κ3) is 5.41. The average Bonchev–Trinajstić information content (AvgIpc) is 3.82. The maximum Gasteiger partial charge on any atom is 0.137 e. The molecule has 264 valence electrons. The lowest BCUT2D eigenvalue weighted by Gasteiger charge is -2.29. The van der Waals surface area contributed by atoms with E-state index in [9.17, 15) is 0 Å². The molecular weight excluding hydrogens is 671 g/mol. The van der Waals surface area contributed by atoms with Crippen molar-refractivity contribution >= 4 is 71.7 Å². The highest BCUT2D eigenvalue weighted by Crippen LogP contribution is 2.47. The van der Waals surface area contributed by atoms with E-state index in [1.807, 2.05) is 18.2 Å². The lowest BCUT2D eigenvalue weighted by atomic mass is 9.80. The Labute approximate surface area is 320 Å². The Hall–Kier alpha value is -6.58. The molecule has 10 aromatic rings. The van der Waals surface area contributed by atoms with Crippen LogP contribution in [-0.2, 0) is 0 Å². The van der Waals surface area contributed by atoms with Crippen LogP contribution in [-0.4, -0.2) is 0 Å². The van der Waals surface area contributed by atoms with Crippen LogP contribution < -0.4 is 4.90 Å². The van der Waals surface area contributed by atoms with Gasteiger partial charge in [0.2, 0.25) is 0 Å². The van der Waals surface area contributed by atoms with Gasteiger partial charge in [-0.25, -0.2) is 0 Å². The summed E-state index contributed by atoms with van der Waals surface area (Å²) in [4.78, 5) is 2.40. The summed E-state index contributed by atoms with van der Waals surface area (Å²) in [6, 6.07) is 61.4. The zero-order chi connectivity index (χ0) is 36.3. The van der Waals surface area contributed by atoms with E-state index in [0.29, 0.717) is 5.92 Å². The smallest absolute Gasteiger partial charge is 0.137 e. The van der Waals surface area contributed by atoms with E-state index in [0.717, 1.165) is 72.1 Å². The fourth-order valence-corrected chi connectivity index (χ4v) is 9.23. The number of para-hydroxylation sites is 3. The molecule has 0 saturated heterocycles. The van der Waals surface area contributed by atoms with E-state index in [1.54, 1.807) is 0 Å². The van der Waals surface area contributed by atoms with Crippen LogP contribution in [0.3, 0.4) is 0 Å². The Morgan fingerprint density at radius 3 is 1.85 bits per heavy atom. The van der Waals surface area contributed by atoms with Gasteiger partial charge in [0.05, 0.1) is 5.69 Å². The highest BCUT2D eigenvalue weighted by molar-refractivity contribution is 6.08. The second kappa shape index (κ2) is 13.1. The van der Waals surface area contributed by atoms with E-state index >= 15 is 0 Å². The number of nitrogens with zero attached hydrogens (tertiary/aromatic N) is 1. The van der Waals surface area contributed by atoms with Crippen LogP contribution in [0.2, 0.25) is 0 Å². The summed E-state index contributed by atoms with van der Waals surface area (Å²) in [5.74, 6) is 0.587. The number of hydrogen-bond donors (Lipinski definition) is 0. The van der Waals surface area contributed by atoms with Gasteiger partial charge in [0, 0.05) is 44.5 Å². The highest BCUT2D eigenvalue weighted by Gasteiger charge is 2.23. The van der Waals surface area contributed by atoms with Gasteiger partial charge >= 0.3 is 0 Å². The van der Waals surface area contributed by atoms with Crippen molar-refractivity contribution in [1.82, 2.24) is 0 Å². The minimum absolute atomic E-state index is 0.587.